The molecule has 216 valence electrons. The lowest BCUT2D eigenvalue weighted by Gasteiger charge is -2.20. The van der Waals surface area contributed by atoms with Crippen molar-refractivity contribution in [1.82, 2.24) is 25.2 Å². The highest BCUT2D eigenvalue weighted by molar-refractivity contribution is 7.92. The van der Waals surface area contributed by atoms with Gasteiger partial charge in [-0.05, 0) is 51.3 Å². The minimum absolute atomic E-state index is 0.0651. The molecule has 0 saturated carbocycles. The van der Waals surface area contributed by atoms with E-state index in [4.69, 9.17) is 0 Å². The van der Waals surface area contributed by atoms with Crippen LogP contribution in [0.25, 0.3) is 0 Å². The summed E-state index contributed by atoms with van der Waals surface area (Å²) in [5, 5.41) is 8.29. The molecule has 0 unspecified atom stereocenters. The first-order valence-corrected chi connectivity index (χ1v) is 14.0. The summed E-state index contributed by atoms with van der Waals surface area (Å²) in [5.41, 5.74) is -0.0121. The molecule has 2 heterocycles. The number of hydrogen-bond donors (Lipinski definition) is 3. The zero-order valence-corrected chi connectivity index (χ0v) is 23.3. The molecule has 2 aromatic heterocycles. The van der Waals surface area contributed by atoms with Gasteiger partial charge in [0, 0.05) is 49.3 Å². The van der Waals surface area contributed by atoms with Gasteiger partial charge in [-0.2, -0.15) is 18.2 Å². The highest BCUT2D eigenvalue weighted by Crippen LogP contribution is 2.34. The van der Waals surface area contributed by atoms with Crippen molar-refractivity contribution < 1.29 is 26.4 Å². The van der Waals surface area contributed by atoms with Crippen LogP contribution in [0, 0.1) is 0 Å². The van der Waals surface area contributed by atoms with E-state index in [0.29, 0.717) is 29.6 Å². The van der Waals surface area contributed by atoms with Crippen molar-refractivity contribution in [3.05, 3.63) is 65.5 Å². The van der Waals surface area contributed by atoms with Crippen molar-refractivity contribution >= 4 is 39.2 Å². The second kappa shape index (κ2) is 12.9. The average molecular weight is 581 g/mol. The lowest BCUT2D eigenvalue weighted by molar-refractivity contribution is -0.137. The first kappa shape index (κ1) is 30.6. The van der Waals surface area contributed by atoms with Crippen molar-refractivity contribution in [3.8, 4) is 0 Å². The molecule has 0 radical (unpaired) electrons. The van der Waals surface area contributed by atoms with Crippen LogP contribution in [0.3, 0.4) is 0 Å². The molecule has 0 aliphatic carbocycles. The fourth-order valence-electron chi connectivity index (χ4n) is 3.54. The maximum absolute atomic E-state index is 13.7. The van der Waals surface area contributed by atoms with Gasteiger partial charge < -0.3 is 20.9 Å². The summed E-state index contributed by atoms with van der Waals surface area (Å²) in [6, 6.07) is 9.49. The highest BCUT2D eigenvalue weighted by atomic mass is 32.2. The summed E-state index contributed by atoms with van der Waals surface area (Å²) in [6.07, 6.45) is -0.963. The highest BCUT2D eigenvalue weighted by Gasteiger charge is 2.35. The van der Waals surface area contributed by atoms with Crippen molar-refractivity contribution in [2.24, 2.45) is 0 Å². The minimum Gasteiger partial charge on any atom is -0.365 e. The maximum Gasteiger partial charge on any atom is 0.421 e. The molecule has 0 aliphatic rings. The quantitative estimate of drug-likeness (QED) is 0.276. The summed E-state index contributed by atoms with van der Waals surface area (Å²) in [7, 11) is 1.52. The molecule has 15 heteroatoms. The first-order chi connectivity index (χ1) is 18.8. The number of halogens is 3. The van der Waals surface area contributed by atoms with Crippen molar-refractivity contribution in [3.63, 3.8) is 0 Å². The predicted octanol–water partition coefficient (Wildman–Crippen LogP) is 3.32. The van der Waals surface area contributed by atoms with Crippen LogP contribution in [0.2, 0.25) is 0 Å². The molecule has 3 rings (SSSR count). The third kappa shape index (κ3) is 8.51. The number of nitrogens with zero attached hydrogens (tertiary/aromatic N) is 5. The van der Waals surface area contributed by atoms with E-state index in [0.717, 1.165) is 23.5 Å². The predicted molar refractivity (Wildman–Crippen MR) is 147 cm³/mol. The Morgan fingerprint density at radius 2 is 1.82 bits per heavy atom. The number of amides is 1. The Labute approximate surface area is 230 Å². The SMILES string of the molecule is CN(C)CCCNC(=O)c1cccc(Nc2ncc(C(F)(F)F)c(NCc3cccnc3N(C)S(C)(=O)=O)n2)c1. The molecule has 3 N–H and O–H groups in total. The fraction of sp³-hybridized carbons (Fsp3) is 0.360. The number of aromatic nitrogens is 3. The molecule has 1 amide bonds. The topological polar surface area (TPSA) is 132 Å². The molecular formula is C25H31F3N8O3S. The number of carbonyl (C=O) groups is 1. The van der Waals surface area contributed by atoms with Crippen LogP contribution < -0.4 is 20.3 Å². The summed E-state index contributed by atoms with van der Waals surface area (Å²) in [6.45, 7) is 1.11. The van der Waals surface area contributed by atoms with Gasteiger partial charge >= 0.3 is 6.18 Å². The number of alkyl halides is 3. The number of hydrogen-bond acceptors (Lipinski definition) is 9. The van der Waals surface area contributed by atoms with E-state index in [-0.39, 0.29) is 24.2 Å². The van der Waals surface area contributed by atoms with Gasteiger partial charge in [-0.3, -0.25) is 9.10 Å². The first-order valence-electron chi connectivity index (χ1n) is 12.1. The van der Waals surface area contributed by atoms with Crippen LogP contribution in [0.5, 0.6) is 0 Å². The number of nitrogens with one attached hydrogen (secondary N) is 3. The normalized spacial score (nSPS) is 11.8. The maximum atomic E-state index is 13.7. The van der Waals surface area contributed by atoms with E-state index in [1.165, 1.54) is 13.2 Å². The van der Waals surface area contributed by atoms with E-state index >= 15 is 0 Å². The molecular weight excluding hydrogens is 549 g/mol. The Morgan fingerprint density at radius 1 is 1.07 bits per heavy atom. The number of carbonyl (C=O) groups excluding carboxylic acids is 1. The third-order valence-corrected chi connectivity index (χ3v) is 6.82. The molecule has 0 spiro atoms. The Morgan fingerprint density at radius 3 is 2.50 bits per heavy atom. The lowest BCUT2D eigenvalue weighted by Crippen LogP contribution is -2.27. The van der Waals surface area contributed by atoms with E-state index in [9.17, 15) is 26.4 Å². The third-order valence-electron chi connectivity index (χ3n) is 5.65. The van der Waals surface area contributed by atoms with Crippen LogP contribution in [0.4, 0.5) is 36.4 Å². The zero-order valence-electron chi connectivity index (χ0n) is 22.5. The van der Waals surface area contributed by atoms with E-state index in [2.05, 4.69) is 30.9 Å². The Bertz CT molecular complexity index is 1430. The molecule has 3 aromatic rings. The van der Waals surface area contributed by atoms with Gasteiger partial charge in [0.1, 0.15) is 17.2 Å². The van der Waals surface area contributed by atoms with Gasteiger partial charge in [-0.15, -0.1) is 0 Å². The number of pyridine rings is 1. The molecule has 0 fully saturated rings. The van der Waals surface area contributed by atoms with Gasteiger partial charge in [0.2, 0.25) is 16.0 Å². The largest absolute Gasteiger partial charge is 0.421 e. The molecule has 11 nitrogen and oxygen atoms in total. The molecule has 0 atom stereocenters. The van der Waals surface area contributed by atoms with Crippen LogP contribution in [-0.4, -0.2) is 74.7 Å². The molecule has 1 aromatic carbocycles. The van der Waals surface area contributed by atoms with Crippen LogP contribution >= 0.6 is 0 Å². The Balaban J connectivity index is 1.80. The molecule has 0 aliphatic heterocycles. The van der Waals surface area contributed by atoms with E-state index < -0.39 is 27.6 Å². The number of sulfonamides is 1. The van der Waals surface area contributed by atoms with Gasteiger partial charge in [-0.25, -0.2) is 18.4 Å². The van der Waals surface area contributed by atoms with Gasteiger partial charge in [0.25, 0.3) is 5.91 Å². The van der Waals surface area contributed by atoms with E-state index in [1.54, 1.807) is 36.4 Å². The number of anilines is 4. The zero-order chi connectivity index (χ0) is 29.5. The summed E-state index contributed by atoms with van der Waals surface area (Å²) in [4.78, 5) is 26.4. The monoisotopic (exact) mass is 580 g/mol. The van der Waals surface area contributed by atoms with Crippen LogP contribution in [0.15, 0.2) is 48.8 Å². The van der Waals surface area contributed by atoms with Gasteiger partial charge in [-0.1, -0.05) is 12.1 Å². The van der Waals surface area contributed by atoms with Gasteiger partial charge in [0.05, 0.1) is 6.26 Å². The van der Waals surface area contributed by atoms with Crippen molar-refractivity contribution in [1.29, 1.82) is 0 Å². The average Bonchev–Trinajstić information content (AvgIpc) is 2.88. The Hall–Kier alpha value is -3.98. The summed E-state index contributed by atoms with van der Waals surface area (Å²) >= 11 is 0. The number of benzene rings is 1. The molecule has 0 saturated heterocycles. The standard InChI is InChI=1S/C25H31F3N8O3S/c1-35(2)13-7-12-30-23(37)17-8-5-10-19(14-17)33-24-32-16-20(25(26,27)28)21(34-24)31-15-18-9-6-11-29-22(18)36(3)40(4,38)39/h5-6,8-11,14,16H,7,12-13,15H2,1-4H3,(H,30,37)(H2,31,32,33,34). The second-order valence-electron chi connectivity index (χ2n) is 9.14. The smallest absolute Gasteiger partial charge is 0.365 e. The summed E-state index contributed by atoms with van der Waals surface area (Å²) < 4.78 is 66.1. The lowest BCUT2D eigenvalue weighted by atomic mass is 10.2. The second-order valence-corrected chi connectivity index (χ2v) is 11.2. The van der Waals surface area contributed by atoms with E-state index in [1.807, 2.05) is 19.0 Å². The van der Waals surface area contributed by atoms with Crippen LogP contribution in [-0.2, 0) is 22.7 Å². The molecule has 40 heavy (non-hydrogen) atoms. The van der Waals surface area contributed by atoms with Crippen molar-refractivity contribution in [2.45, 2.75) is 19.1 Å². The van der Waals surface area contributed by atoms with Crippen molar-refractivity contribution in [2.75, 3.05) is 55.4 Å². The number of rotatable bonds is 12. The fourth-order valence-corrected chi connectivity index (χ4v) is 4.02. The minimum atomic E-state index is -4.76. The summed E-state index contributed by atoms with van der Waals surface area (Å²) in [5.74, 6) is -0.880. The van der Waals surface area contributed by atoms with Crippen LogP contribution in [0.1, 0.15) is 27.9 Å². The Kier molecular flexibility index (Phi) is 9.87. The molecule has 0 bridgehead atoms. The van der Waals surface area contributed by atoms with Gasteiger partial charge in [0.15, 0.2) is 0 Å².